The molecule has 0 spiro atoms. The van der Waals surface area contributed by atoms with Crippen molar-refractivity contribution in [3.8, 4) is 0 Å². The first-order valence-corrected chi connectivity index (χ1v) is 14.7. The molecule has 208 valence electrons. The largest absolute Gasteiger partial charge is 0.352 e. The molecule has 2 atom stereocenters. The van der Waals surface area contributed by atoms with Crippen molar-refractivity contribution >= 4 is 27.5 Å². The third-order valence-corrected chi connectivity index (χ3v) is 8.74. The maximum atomic E-state index is 14.0. The normalized spacial score (nSPS) is 12.9. The SMILES string of the molecule is CC[C@H](C)NC(=O)[C@H](C)N(Cc1ccccc1C)C(=O)CN(c1cccc(C)c1)S(=O)(=O)c1ccc(C)cc1. The number of aryl methyl sites for hydroxylation is 3. The second kappa shape index (κ2) is 12.9. The van der Waals surface area contributed by atoms with Crippen LogP contribution in [0.5, 0.6) is 0 Å². The Morgan fingerprint density at radius 1 is 0.872 bits per heavy atom. The highest BCUT2D eigenvalue weighted by atomic mass is 32.2. The van der Waals surface area contributed by atoms with E-state index in [0.29, 0.717) is 5.69 Å². The summed E-state index contributed by atoms with van der Waals surface area (Å²) in [5.41, 5.74) is 4.04. The number of nitrogens with zero attached hydrogens (tertiary/aromatic N) is 2. The molecule has 0 aliphatic rings. The van der Waals surface area contributed by atoms with E-state index in [1.807, 2.05) is 65.0 Å². The molecule has 3 rings (SSSR count). The van der Waals surface area contributed by atoms with Crippen molar-refractivity contribution in [2.45, 2.75) is 71.5 Å². The molecule has 0 aliphatic heterocycles. The van der Waals surface area contributed by atoms with Crippen molar-refractivity contribution in [3.63, 3.8) is 0 Å². The molecule has 3 aromatic rings. The molecule has 39 heavy (non-hydrogen) atoms. The zero-order valence-electron chi connectivity index (χ0n) is 23.6. The molecule has 0 aromatic heterocycles. The lowest BCUT2D eigenvalue weighted by molar-refractivity contribution is -0.139. The molecule has 0 aliphatic carbocycles. The fraction of sp³-hybridized carbons (Fsp3) is 0.355. The number of carbonyl (C=O) groups excluding carboxylic acids is 2. The van der Waals surface area contributed by atoms with E-state index in [4.69, 9.17) is 0 Å². The second-order valence-electron chi connectivity index (χ2n) is 10.1. The third-order valence-electron chi connectivity index (χ3n) is 6.95. The summed E-state index contributed by atoms with van der Waals surface area (Å²) in [5.74, 6) is -0.753. The Morgan fingerprint density at radius 3 is 2.15 bits per heavy atom. The van der Waals surface area contributed by atoms with Gasteiger partial charge in [-0.1, -0.05) is 61.0 Å². The summed E-state index contributed by atoms with van der Waals surface area (Å²) in [6.45, 7) is 11.0. The lowest BCUT2D eigenvalue weighted by atomic mass is 10.1. The molecule has 0 radical (unpaired) electrons. The molecule has 1 N–H and O–H groups in total. The van der Waals surface area contributed by atoms with Crippen LogP contribution in [0.2, 0.25) is 0 Å². The van der Waals surface area contributed by atoms with Crippen molar-refractivity contribution < 1.29 is 18.0 Å². The van der Waals surface area contributed by atoms with Gasteiger partial charge in [-0.3, -0.25) is 13.9 Å². The predicted molar refractivity (Wildman–Crippen MR) is 156 cm³/mol. The predicted octanol–water partition coefficient (Wildman–Crippen LogP) is 5.14. The average Bonchev–Trinajstić information content (AvgIpc) is 2.90. The number of carbonyl (C=O) groups is 2. The van der Waals surface area contributed by atoms with Crippen LogP contribution in [-0.2, 0) is 26.2 Å². The van der Waals surface area contributed by atoms with Crippen LogP contribution in [-0.4, -0.2) is 43.8 Å². The molecule has 8 heteroatoms. The maximum Gasteiger partial charge on any atom is 0.264 e. The topological polar surface area (TPSA) is 86.8 Å². The van der Waals surface area contributed by atoms with Crippen molar-refractivity contribution in [1.82, 2.24) is 10.2 Å². The van der Waals surface area contributed by atoms with Gasteiger partial charge < -0.3 is 10.2 Å². The number of hydrogen-bond acceptors (Lipinski definition) is 4. The number of sulfonamides is 1. The van der Waals surface area contributed by atoms with E-state index >= 15 is 0 Å². The van der Waals surface area contributed by atoms with Crippen molar-refractivity contribution in [1.29, 1.82) is 0 Å². The standard InChI is InChI=1S/C31H39N3O4S/c1-7-25(5)32-31(36)26(6)33(20-27-13-9-8-12-24(27)4)30(35)21-34(28-14-10-11-23(3)19-28)39(37,38)29-17-15-22(2)16-18-29/h8-19,25-26H,7,20-21H2,1-6H3,(H,32,36)/t25-,26-/m0/s1. The monoisotopic (exact) mass is 549 g/mol. The van der Waals surface area contributed by atoms with Gasteiger partial charge in [0.2, 0.25) is 11.8 Å². The molecule has 0 bridgehead atoms. The summed E-state index contributed by atoms with van der Waals surface area (Å²) < 4.78 is 28.9. The number of amides is 2. The zero-order valence-corrected chi connectivity index (χ0v) is 24.5. The first-order valence-electron chi connectivity index (χ1n) is 13.2. The lowest BCUT2D eigenvalue weighted by Crippen LogP contribution is -2.52. The Morgan fingerprint density at radius 2 is 1.54 bits per heavy atom. The number of rotatable bonds is 11. The molecule has 2 amide bonds. The third kappa shape index (κ3) is 7.47. The number of benzene rings is 3. The van der Waals surface area contributed by atoms with E-state index in [0.717, 1.165) is 33.0 Å². The molecule has 0 fully saturated rings. The minimum Gasteiger partial charge on any atom is -0.352 e. The smallest absolute Gasteiger partial charge is 0.264 e. The molecule has 7 nitrogen and oxygen atoms in total. The Balaban J connectivity index is 2.04. The van der Waals surface area contributed by atoms with Gasteiger partial charge in [-0.15, -0.1) is 0 Å². The van der Waals surface area contributed by atoms with E-state index in [1.165, 1.54) is 4.90 Å². The van der Waals surface area contributed by atoms with E-state index in [1.54, 1.807) is 49.4 Å². The van der Waals surface area contributed by atoms with Gasteiger partial charge in [0.25, 0.3) is 10.0 Å². The van der Waals surface area contributed by atoms with Crippen LogP contribution >= 0.6 is 0 Å². The first kappa shape index (κ1) is 29.9. The van der Waals surface area contributed by atoms with Crippen LogP contribution in [0.3, 0.4) is 0 Å². The molecular formula is C31H39N3O4S. The Kier molecular flexibility index (Phi) is 9.92. The van der Waals surface area contributed by atoms with E-state index in [9.17, 15) is 18.0 Å². The Bertz CT molecular complexity index is 1400. The van der Waals surface area contributed by atoms with Gasteiger partial charge in [-0.2, -0.15) is 0 Å². The second-order valence-corrected chi connectivity index (χ2v) is 12.0. The lowest BCUT2D eigenvalue weighted by Gasteiger charge is -2.33. The van der Waals surface area contributed by atoms with Gasteiger partial charge in [0.15, 0.2) is 0 Å². The van der Waals surface area contributed by atoms with Gasteiger partial charge >= 0.3 is 0 Å². The highest BCUT2D eigenvalue weighted by molar-refractivity contribution is 7.92. The molecular weight excluding hydrogens is 510 g/mol. The van der Waals surface area contributed by atoms with E-state index in [-0.39, 0.29) is 23.4 Å². The fourth-order valence-electron chi connectivity index (χ4n) is 4.17. The van der Waals surface area contributed by atoms with Crippen LogP contribution < -0.4 is 9.62 Å². The van der Waals surface area contributed by atoms with Gasteiger partial charge in [-0.05, 0) is 82.0 Å². The molecule has 0 saturated carbocycles. The summed E-state index contributed by atoms with van der Waals surface area (Å²) in [6, 6.07) is 20.4. The Hall–Kier alpha value is -3.65. The number of anilines is 1. The molecule has 0 saturated heterocycles. The Labute approximate surface area is 232 Å². The van der Waals surface area contributed by atoms with Crippen molar-refractivity contribution in [2.24, 2.45) is 0 Å². The summed E-state index contributed by atoms with van der Waals surface area (Å²) in [7, 11) is -4.08. The highest BCUT2D eigenvalue weighted by Crippen LogP contribution is 2.26. The van der Waals surface area contributed by atoms with E-state index < -0.39 is 28.5 Å². The fourth-order valence-corrected chi connectivity index (χ4v) is 5.57. The van der Waals surface area contributed by atoms with Gasteiger partial charge in [0.1, 0.15) is 12.6 Å². The summed E-state index contributed by atoms with van der Waals surface area (Å²) >= 11 is 0. The summed E-state index contributed by atoms with van der Waals surface area (Å²) in [6.07, 6.45) is 0.750. The van der Waals surface area contributed by atoms with E-state index in [2.05, 4.69) is 5.32 Å². The minimum absolute atomic E-state index is 0.0546. The minimum atomic E-state index is -4.08. The quantitative estimate of drug-likeness (QED) is 0.359. The molecule has 0 unspecified atom stereocenters. The van der Waals surface area contributed by atoms with Crippen LogP contribution in [0, 0.1) is 20.8 Å². The van der Waals surface area contributed by atoms with Gasteiger partial charge in [-0.25, -0.2) is 8.42 Å². The van der Waals surface area contributed by atoms with Crippen LogP contribution in [0.15, 0.2) is 77.7 Å². The maximum absolute atomic E-state index is 14.0. The van der Waals surface area contributed by atoms with Gasteiger partial charge in [0, 0.05) is 12.6 Å². The highest BCUT2D eigenvalue weighted by Gasteiger charge is 2.33. The summed E-state index contributed by atoms with van der Waals surface area (Å²) in [5, 5.41) is 2.95. The van der Waals surface area contributed by atoms with Crippen molar-refractivity contribution in [2.75, 3.05) is 10.8 Å². The molecule has 0 heterocycles. The van der Waals surface area contributed by atoms with Crippen LogP contribution in [0.25, 0.3) is 0 Å². The van der Waals surface area contributed by atoms with Crippen molar-refractivity contribution in [3.05, 3.63) is 95.1 Å². The summed E-state index contributed by atoms with van der Waals surface area (Å²) in [4.78, 5) is 28.7. The zero-order chi connectivity index (χ0) is 28.7. The first-order chi connectivity index (χ1) is 18.4. The number of hydrogen-bond donors (Lipinski definition) is 1. The van der Waals surface area contributed by atoms with Crippen LogP contribution in [0.4, 0.5) is 5.69 Å². The average molecular weight is 550 g/mol. The molecule has 3 aromatic carbocycles. The van der Waals surface area contributed by atoms with Crippen LogP contribution in [0.1, 0.15) is 49.4 Å². The van der Waals surface area contributed by atoms with Gasteiger partial charge in [0.05, 0.1) is 10.6 Å². The number of nitrogens with one attached hydrogen (secondary N) is 1.